The first-order valence-corrected chi connectivity index (χ1v) is 11.3. The molecule has 0 aromatic heterocycles. The molecular weight excluding hydrogens is 424 g/mol. The summed E-state index contributed by atoms with van der Waals surface area (Å²) in [5.41, 5.74) is -0.0474. The highest BCUT2D eigenvalue weighted by atomic mass is 16.7. The number of nitrogens with zero attached hydrogens (tertiary/aromatic N) is 1. The topological polar surface area (TPSA) is 102 Å². The van der Waals surface area contributed by atoms with Crippen molar-refractivity contribution in [3.05, 3.63) is 35.4 Å². The number of aryl methyl sites for hydroxylation is 1. The molecule has 0 aliphatic heterocycles. The molecule has 2 rings (SSSR count). The number of carbonyl (C=O) groups is 4. The molecule has 1 aliphatic carbocycles. The van der Waals surface area contributed by atoms with Crippen LogP contribution in [0.15, 0.2) is 24.3 Å². The van der Waals surface area contributed by atoms with Gasteiger partial charge in [-0.1, -0.05) is 45.0 Å². The van der Waals surface area contributed by atoms with E-state index in [1.165, 1.54) is 18.7 Å². The standard InChI is InChI=1S/C25H36N2O6/c1-16-12-8-9-13-19(16)25(15-11-10-14-20(25)29)27(7)23(31)33-18(3)32-22(30)21(24(4,5)6)26-17(2)28/h8-9,12-13,18,21H,10-11,14-15H2,1-7H3,(H,26,28)/t18?,21-,25-/m1/s1. The van der Waals surface area contributed by atoms with Crippen molar-refractivity contribution in [3.8, 4) is 0 Å². The van der Waals surface area contributed by atoms with E-state index < -0.39 is 35.3 Å². The van der Waals surface area contributed by atoms with Gasteiger partial charge in [0, 0.05) is 27.3 Å². The zero-order chi connectivity index (χ0) is 25.0. The molecule has 1 aromatic carbocycles. The van der Waals surface area contributed by atoms with Gasteiger partial charge in [0.15, 0.2) is 5.78 Å². The second-order valence-corrected chi connectivity index (χ2v) is 9.75. The molecule has 0 heterocycles. The lowest BCUT2D eigenvalue weighted by Crippen LogP contribution is -2.55. The Morgan fingerprint density at radius 2 is 1.76 bits per heavy atom. The van der Waals surface area contributed by atoms with Gasteiger partial charge in [-0.2, -0.15) is 0 Å². The lowest BCUT2D eigenvalue weighted by atomic mass is 9.73. The van der Waals surface area contributed by atoms with E-state index in [2.05, 4.69) is 5.32 Å². The third-order valence-corrected chi connectivity index (χ3v) is 6.09. The quantitative estimate of drug-likeness (QED) is 0.511. The molecule has 8 heteroatoms. The Kier molecular flexibility index (Phi) is 8.27. The van der Waals surface area contributed by atoms with Crippen LogP contribution in [-0.2, 0) is 29.4 Å². The number of likely N-dealkylation sites (N-methyl/N-ethyl adjacent to an activating group) is 1. The van der Waals surface area contributed by atoms with Crippen molar-refractivity contribution in [2.75, 3.05) is 7.05 Å². The Morgan fingerprint density at radius 3 is 2.30 bits per heavy atom. The molecule has 2 amide bonds. The van der Waals surface area contributed by atoms with Crippen LogP contribution in [0.1, 0.15) is 71.4 Å². The summed E-state index contributed by atoms with van der Waals surface area (Å²) >= 11 is 0. The largest absolute Gasteiger partial charge is 0.424 e. The molecule has 1 saturated carbocycles. The number of ether oxygens (including phenoxy) is 2. The number of esters is 1. The number of hydrogen-bond donors (Lipinski definition) is 1. The van der Waals surface area contributed by atoms with E-state index in [-0.39, 0.29) is 11.7 Å². The van der Waals surface area contributed by atoms with E-state index in [4.69, 9.17) is 9.47 Å². The molecule has 0 spiro atoms. The van der Waals surface area contributed by atoms with E-state index in [0.29, 0.717) is 12.8 Å². The maximum atomic E-state index is 13.2. The summed E-state index contributed by atoms with van der Waals surface area (Å²) in [6, 6.07) is 6.61. The van der Waals surface area contributed by atoms with Crippen LogP contribution in [-0.4, -0.2) is 48.0 Å². The molecule has 0 radical (unpaired) electrons. The van der Waals surface area contributed by atoms with Crippen molar-refractivity contribution in [1.82, 2.24) is 10.2 Å². The summed E-state index contributed by atoms with van der Waals surface area (Å²) in [6.07, 6.45) is 0.470. The van der Waals surface area contributed by atoms with E-state index >= 15 is 0 Å². The predicted molar refractivity (Wildman–Crippen MR) is 123 cm³/mol. The van der Waals surface area contributed by atoms with Gasteiger partial charge in [-0.25, -0.2) is 9.59 Å². The molecule has 0 bridgehead atoms. The normalized spacial score (nSPS) is 20.4. The van der Waals surface area contributed by atoms with Crippen LogP contribution < -0.4 is 5.32 Å². The Hall–Kier alpha value is -2.90. The molecule has 3 atom stereocenters. The predicted octanol–water partition coefficient (Wildman–Crippen LogP) is 3.84. The van der Waals surface area contributed by atoms with E-state index in [1.807, 2.05) is 31.2 Å². The number of ketones is 1. The van der Waals surface area contributed by atoms with Crippen molar-refractivity contribution in [1.29, 1.82) is 0 Å². The highest BCUT2D eigenvalue weighted by Gasteiger charge is 2.48. The van der Waals surface area contributed by atoms with Crippen LogP contribution in [0, 0.1) is 12.3 Å². The molecule has 1 aromatic rings. The average Bonchev–Trinajstić information content (AvgIpc) is 2.71. The van der Waals surface area contributed by atoms with Crippen LogP contribution in [0.3, 0.4) is 0 Å². The SMILES string of the molecule is CC(=O)N[C@H](C(=O)OC(C)OC(=O)N(C)[C@@]1(c2ccccc2C)CCCCC1=O)C(C)(C)C. The zero-order valence-corrected chi connectivity index (χ0v) is 20.7. The first-order valence-electron chi connectivity index (χ1n) is 11.3. The Labute approximate surface area is 196 Å². The van der Waals surface area contributed by atoms with Crippen LogP contribution in [0.2, 0.25) is 0 Å². The fourth-order valence-corrected chi connectivity index (χ4v) is 4.33. The van der Waals surface area contributed by atoms with Gasteiger partial charge < -0.3 is 14.8 Å². The van der Waals surface area contributed by atoms with E-state index in [1.54, 1.807) is 27.8 Å². The molecule has 182 valence electrons. The second kappa shape index (κ2) is 10.4. The fourth-order valence-electron chi connectivity index (χ4n) is 4.33. The number of nitrogens with one attached hydrogen (secondary N) is 1. The highest BCUT2D eigenvalue weighted by molar-refractivity contribution is 5.93. The summed E-state index contributed by atoms with van der Waals surface area (Å²) < 4.78 is 10.7. The Balaban J connectivity index is 2.21. The van der Waals surface area contributed by atoms with Gasteiger partial charge in [0.05, 0.1) is 0 Å². The van der Waals surface area contributed by atoms with Crippen LogP contribution in [0.5, 0.6) is 0 Å². The number of benzene rings is 1. The summed E-state index contributed by atoms with van der Waals surface area (Å²) in [7, 11) is 1.54. The lowest BCUT2D eigenvalue weighted by molar-refractivity contribution is -0.173. The van der Waals surface area contributed by atoms with E-state index in [0.717, 1.165) is 24.0 Å². The first-order chi connectivity index (χ1) is 15.3. The van der Waals surface area contributed by atoms with Crippen molar-refractivity contribution >= 4 is 23.8 Å². The van der Waals surface area contributed by atoms with Gasteiger partial charge in [-0.3, -0.25) is 14.5 Å². The van der Waals surface area contributed by atoms with Gasteiger partial charge in [-0.15, -0.1) is 0 Å². The Morgan fingerprint density at radius 1 is 1.12 bits per heavy atom. The minimum Gasteiger partial charge on any atom is -0.424 e. The molecule has 1 unspecified atom stereocenters. The molecule has 8 nitrogen and oxygen atoms in total. The smallest absolute Gasteiger partial charge is 0.413 e. The average molecular weight is 461 g/mol. The van der Waals surface area contributed by atoms with Gasteiger partial charge >= 0.3 is 12.1 Å². The molecule has 1 aliphatic rings. The molecule has 0 saturated heterocycles. The first kappa shape index (κ1) is 26.4. The molecular formula is C25H36N2O6. The van der Waals surface area contributed by atoms with Gasteiger partial charge in [0.1, 0.15) is 11.6 Å². The van der Waals surface area contributed by atoms with Gasteiger partial charge in [-0.05, 0) is 42.7 Å². The summed E-state index contributed by atoms with van der Waals surface area (Å²) in [5.74, 6) is -1.11. The van der Waals surface area contributed by atoms with Crippen molar-refractivity contribution in [2.24, 2.45) is 5.41 Å². The highest BCUT2D eigenvalue weighted by Crippen LogP contribution is 2.41. The molecule has 1 N–H and O–H groups in total. The van der Waals surface area contributed by atoms with Crippen LogP contribution >= 0.6 is 0 Å². The monoisotopic (exact) mass is 460 g/mol. The van der Waals surface area contributed by atoms with Crippen LogP contribution in [0.25, 0.3) is 0 Å². The minimum atomic E-state index is -1.21. The summed E-state index contributed by atoms with van der Waals surface area (Å²) in [5, 5.41) is 2.58. The number of Topliss-reactive ketones (excluding diaryl/α,β-unsaturated/α-hetero) is 1. The second-order valence-electron chi connectivity index (χ2n) is 9.75. The maximum absolute atomic E-state index is 13.2. The van der Waals surface area contributed by atoms with Crippen molar-refractivity contribution in [2.45, 2.75) is 85.1 Å². The van der Waals surface area contributed by atoms with Gasteiger partial charge in [0.25, 0.3) is 0 Å². The summed E-state index contributed by atoms with van der Waals surface area (Å²) in [4.78, 5) is 51.8. The van der Waals surface area contributed by atoms with Crippen molar-refractivity contribution < 1.29 is 28.7 Å². The minimum absolute atomic E-state index is 0.0365. The van der Waals surface area contributed by atoms with Gasteiger partial charge in [0.2, 0.25) is 12.2 Å². The maximum Gasteiger partial charge on any atom is 0.413 e. The molecule has 33 heavy (non-hydrogen) atoms. The third-order valence-electron chi connectivity index (χ3n) is 6.09. The number of rotatable bonds is 6. The number of carbonyl (C=O) groups excluding carboxylic acids is 4. The zero-order valence-electron chi connectivity index (χ0n) is 20.7. The third kappa shape index (κ3) is 5.92. The van der Waals surface area contributed by atoms with E-state index in [9.17, 15) is 19.2 Å². The Bertz CT molecular complexity index is 906. The lowest BCUT2D eigenvalue weighted by Gasteiger charge is -2.43. The number of hydrogen-bond acceptors (Lipinski definition) is 6. The van der Waals surface area contributed by atoms with Crippen molar-refractivity contribution in [3.63, 3.8) is 0 Å². The summed E-state index contributed by atoms with van der Waals surface area (Å²) in [6.45, 7) is 10.0. The number of amides is 2. The molecule has 1 fully saturated rings. The fraction of sp³-hybridized carbons (Fsp3) is 0.600. The van der Waals surface area contributed by atoms with Crippen LogP contribution in [0.4, 0.5) is 4.79 Å².